The summed E-state index contributed by atoms with van der Waals surface area (Å²) in [6, 6.07) is 4.46. The summed E-state index contributed by atoms with van der Waals surface area (Å²) < 4.78 is 51.4. The Labute approximate surface area is 226 Å². The van der Waals surface area contributed by atoms with E-state index in [1.165, 1.54) is 23.5 Å². The summed E-state index contributed by atoms with van der Waals surface area (Å²) in [5, 5.41) is 27.8. The van der Waals surface area contributed by atoms with Crippen LogP contribution in [0.2, 0.25) is 0 Å². The van der Waals surface area contributed by atoms with Crippen LogP contribution in [-0.2, 0) is 32.1 Å². The monoisotopic (exact) mass is 581 g/mol. The van der Waals surface area contributed by atoms with Gasteiger partial charge in [0.05, 0.1) is 40.8 Å². The molecule has 3 heterocycles. The van der Waals surface area contributed by atoms with E-state index in [1.54, 1.807) is 23.1 Å². The molecule has 0 saturated carbocycles. The van der Waals surface area contributed by atoms with Crippen molar-refractivity contribution in [3.05, 3.63) is 46.0 Å². The van der Waals surface area contributed by atoms with Gasteiger partial charge in [-0.25, -0.2) is 13.4 Å². The molecule has 4 N–H and O–H groups in total. The molecule has 4 rings (SSSR count). The first kappa shape index (κ1) is 28.2. The zero-order valence-corrected chi connectivity index (χ0v) is 24.4. The lowest BCUT2D eigenvalue weighted by atomic mass is 9.92. The van der Waals surface area contributed by atoms with Crippen molar-refractivity contribution in [2.24, 2.45) is 10.2 Å². The fraction of sp³-hybridized carbons (Fsp3) is 0.417. The van der Waals surface area contributed by atoms with Gasteiger partial charge in [0, 0.05) is 24.0 Å². The van der Waals surface area contributed by atoms with Crippen LogP contribution in [0.4, 0.5) is 11.4 Å². The third-order valence-electron chi connectivity index (χ3n) is 5.86. The second kappa shape index (κ2) is 10.4. The van der Waals surface area contributed by atoms with Crippen LogP contribution in [0.1, 0.15) is 51.1 Å². The van der Waals surface area contributed by atoms with Gasteiger partial charge in [-0.3, -0.25) is 9.29 Å². The molecule has 1 aliphatic rings. The maximum absolute atomic E-state index is 14.0. The molecule has 2 aromatic heterocycles. The first-order valence-corrected chi connectivity index (χ1v) is 16.4. The molecule has 1 atom stereocenters. The Balaban J connectivity index is 1.83. The summed E-state index contributed by atoms with van der Waals surface area (Å²) >= 11 is 1.43. The van der Waals surface area contributed by atoms with Crippen LogP contribution in [0, 0.1) is 5.41 Å². The molecule has 38 heavy (non-hydrogen) atoms. The molecule has 0 amide bonds. The highest BCUT2D eigenvalue weighted by atomic mass is 32.2. The summed E-state index contributed by atoms with van der Waals surface area (Å²) in [5.74, 6) is -0.426. The van der Waals surface area contributed by atoms with Crippen molar-refractivity contribution in [3.8, 4) is 11.6 Å². The Bertz CT molecular complexity index is 1520. The summed E-state index contributed by atoms with van der Waals surface area (Å²) in [6.45, 7) is 8.42. The van der Waals surface area contributed by atoms with Crippen LogP contribution >= 0.6 is 18.9 Å². The second-order valence-electron chi connectivity index (χ2n) is 10.2. The van der Waals surface area contributed by atoms with Crippen LogP contribution in [0.3, 0.4) is 0 Å². The Kier molecular flexibility index (Phi) is 7.68. The molecule has 0 fully saturated rings. The molecule has 11 nitrogen and oxygen atoms in total. The predicted octanol–water partition coefficient (Wildman–Crippen LogP) is 4.48. The molecule has 1 unspecified atom stereocenters. The first-order chi connectivity index (χ1) is 17.7. The molecular formula is C24H32N5O6PS2. The van der Waals surface area contributed by atoms with Crippen molar-refractivity contribution in [3.63, 3.8) is 0 Å². The number of hydrogen-bond donors (Lipinski definition) is 4. The lowest BCUT2D eigenvalue weighted by Gasteiger charge is -2.25. The van der Waals surface area contributed by atoms with Gasteiger partial charge in [-0.2, -0.15) is 4.76 Å². The van der Waals surface area contributed by atoms with Gasteiger partial charge in [-0.15, -0.1) is 11.3 Å². The number of amidine groups is 1. The Hall–Kier alpha value is -2.86. The van der Waals surface area contributed by atoms with Crippen molar-refractivity contribution >= 4 is 51.4 Å². The largest absolute Gasteiger partial charge is 0.505 e. The van der Waals surface area contributed by atoms with Gasteiger partial charge in [-0.05, 0) is 37.0 Å². The van der Waals surface area contributed by atoms with Gasteiger partial charge in [0.15, 0.2) is 11.6 Å². The number of anilines is 2. The van der Waals surface area contributed by atoms with E-state index in [2.05, 4.69) is 40.6 Å². The molecule has 14 heteroatoms. The Morgan fingerprint density at radius 3 is 2.61 bits per heavy atom. The first-order valence-electron chi connectivity index (χ1n) is 12.0. The van der Waals surface area contributed by atoms with Crippen molar-refractivity contribution in [2.75, 3.05) is 22.9 Å². The Morgan fingerprint density at radius 2 is 2.00 bits per heavy atom. The van der Waals surface area contributed by atoms with Crippen molar-refractivity contribution < 1.29 is 27.7 Å². The average molecular weight is 582 g/mol. The number of thiazole rings is 1. The molecule has 0 aliphatic carbocycles. The lowest BCUT2D eigenvalue weighted by molar-refractivity contribution is 0.328. The van der Waals surface area contributed by atoms with Gasteiger partial charge in [0.1, 0.15) is 5.56 Å². The molecule has 206 valence electrons. The van der Waals surface area contributed by atoms with E-state index in [1.807, 2.05) is 5.38 Å². The molecule has 0 bridgehead atoms. The number of benzene rings is 1. The van der Waals surface area contributed by atoms with Crippen molar-refractivity contribution in [2.45, 2.75) is 47.1 Å². The average Bonchev–Trinajstić information content (AvgIpc) is 3.38. The topological polar surface area (TPSA) is 155 Å². The number of aromatic hydroxyl groups is 2. The molecule has 0 radical (unpaired) electrons. The SMILES string of the molecule is CCOP1(=O)N=C(c2c(O)c(Cc3cscn3)n(CCC(C)(C)C)c2O)Nc2ccc(NS(C)(=O)=O)cc21. The molecule has 1 aromatic carbocycles. The maximum Gasteiger partial charge on any atom is 0.348 e. The van der Waals surface area contributed by atoms with Crippen LogP contribution < -0.4 is 15.3 Å². The van der Waals surface area contributed by atoms with E-state index in [4.69, 9.17) is 4.52 Å². The third kappa shape index (κ3) is 6.06. The molecule has 0 saturated heterocycles. The molecule has 3 aromatic rings. The van der Waals surface area contributed by atoms with E-state index in [0.29, 0.717) is 24.3 Å². The quantitative estimate of drug-likeness (QED) is 0.270. The number of hydrogen-bond acceptors (Lipinski definition) is 9. The number of sulfonamides is 1. The third-order valence-corrected chi connectivity index (χ3v) is 9.16. The van der Waals surface area contributed by atoms with E-state index < -0.39 is 17.5 Å². The minimum absolute atomic E-state index is 0.00746. The standard InChI is InChI=1S/C24H32N5O6PS2/c1-6-35-36(32)19-12-15(28-38(5,33)34)7-8-17(19)26-22(27-36)20-21(30)18(11-16-13-37-14-25-16)29(23(20)31)10-9-24(2,3)4/h7-8,12-14,28,30-31H,6,9-11H2,1-5H3,(H,26,27,32). The number of nitrogens with zero attached hydrogens (tertiary/aromatic N) is 3. The van der Waals surface area contributed by atoms with Crippen LogP contribution in [0.25, 0.3) is 0 Å². The summed E-state index contributed by atoms with van der Waals surface area (Å²) in [4.78, 5) is 4.32. The van der Waals surface area contributed by atoms with Gasteiger partial charge >= 0.3 is 7.52 Å². The maximum atomic E-state index is 14.0. The molecular weight excluding hydrogens is 549 g/mol. The second-order valence-corrected chi connectivity index (χ2v) is 14.7. The summed E-state index contributed by atoms with van der Waals surface area (Å²) in [7, 11) is -7.48. The highest BCUT2D eigenvalue weighted by molar-refractivity contribution is 7.92. The highest BCUT2D eigenvalue weighted by Gasteiger charge is 2.37. The van der Waals surface area contributed by atoms with E-state index >= 15 is 0 Å². The Morgan fingerprint density at radius 1 is 1.26 bits per heavy atom. The highest BCUT2D eigenvalue weighted by Crippen LogP contribution is 2.53. The van der Waals surface area contributed by atoms with Gasteiger partial charge in [0.2, 0.25) is 15.9 Å². The zero-order valence-electron chi connectivity index (χ0n) is 21.8. The summed E-state index contributed by atoms with van der Waals surface area (Å²) in [5.41, 5.74) is 3.43. The predicted molar refractivity (Wildman–Crippen MR) is 151 cm³/mol. The number of nitrogens with one attached hydrogen (secondary N) is 2. The smallest absolute Gasteiger partial charge is 0.348 e. The fourth-order valence-electron chi connectivity index (χ4n) is 4.10. The van der Waals surface area contributed by atoms with Gasteiger partial charge in [0.25, 0.3) is 0 Å². The normalized spacial score (nSPS) is 17.6. The van der Waals surface area contributed by atoms with Crippen LogP contribution in [0.5, 0.6) is 11.6 Å². The van der Waals surface area contributed by atoms with Crippen LogP contribution in [0.15, 0.2) is 33.9 Å². The molecule has 0 spiro atoms. The fourth-order valence-corrected chi connectivity index (χ4v) is 7.01. The van der Waals surface area contributed by atoms with E-state index in [0.717, 1.165) is 11.9 Å². The van der Waals surface area contributed by atoms with Crippen molar-refractivity contribution in [1.29, 1.82) is 0 Å². The van der Waals surface area contributed by atoms with Crippen LogP contribution in [-0.4, -0.2) is 46.9 Å². The van der Waals surface area contributed by atoms with E-state index in [-0.39, 0.29) is 52.5 Å². The summed E-state index contributed by atoms with van der Waals surface area (Å²) in [6.07, 6.45) is 2.01. The van der Waals surface area contributed by atoms with Gasteiger partial charge < -0.3 is 24.6 Å². The minimum atomic E-state index is -3.91. The van der Waals surface area contributed by atoms with Gasteiger partial charge in [-0.1, -0.05) is 20.8 Å². The zero-order chi connectivity index (χ0) is 27.9. The van der Waals surface area contributed by atoms with Crippen molar-refractivity contribution in [1.82, 2.24) is 9.55 Å². The van der Waals surface area contributed by atoms with E-state index in [9.17, 15) is 23.2 Å². The number of aromatic nitrogens is 2. The lowest BCUT2D eigenvalue weighted by Crippen LogP contribution is -2.26. The number of fused-ring (bicyclic) bond motifs is 1. The molecule has 1 aliphatic heterocycles. The number of rotatable bonds is 9. The minimum Gasteiger partial charge on any atom is -0.505 e.